The Hall–Kier alpha value is -1.49. The molecule has 0 atom stereocenters. The molecule has 5 heteroatoms. The smallest absolute Gasteiger partial charge is 0.173 e. The predicted octanol–water partition coefficient (Wildman–Crippen LogP) is 2.89. The van der Waals surface area contributed by atoms with E-state index in [1.54, 1.807) is 14.2 Å². The van der Waals surface area contributed by atoms with Crippen molar-refractivity contribution >= 4 is 23.0 Å². The molecule has 1 fully saturated rings. The molecule has 0 aliphatic carbocycles. The van der Waals surface area contributed by atoms with E-state index in [2.05, 4.69) is 10.2 Å². The highest BCUT2D eigenvalue weighted by Gasteiger charge is 2.15. The van der Waals surface area contributed by atoms with Crippen LogP contribution in [0.25, 0.3) is 0 Å². The van der Waals surface area contributed by atoms with Crippen LogP contribution in [0.5, 0.6) is 11.5 Å². The van der Waals surface area contributed by atoms with Crippen molar-refractivity contribution in [1.82, 2.24) is 4.90 Å². The number of piperidine rings is 1. The van der Waals surface area contributed by atoms with Gasteiger partial charge in [0.1, 0.15) is 11.5 Å². The Morgan fingerprint density at radius 2 is 1.89 bits per heavy atom. The van der Waals surface area contributed by atoms with Crippen molar-refractivity contribution in [2.75, 3.05) is 32.6 Å². The van der Waals surface area contributed by atoms with Gasteiger partial charge < -0.3 is 19.7 Å². The summed E-state index contributed by atoms with van der Waals surface area (Å²) in [5, 5.41) is 4.01. The topological polar surface area (TPSA) is 33.7 Å². The molecule has 0 radical (unpaired) electrons. The fourth-order valence-corrected chi connectivity index (χ4v) is 2.50. The molecular formula is C14H20N2O2S. The first-order valence-corrected chi connectivity index (χ1v) is 6.93. The third kappa shape index (κ3) is 3.50. The third-order valence-corrected chi connectivity index (χ3v) is 3.65. The number of ether oxygens (including phenoxy) is 2. The molecule has 104 valence electrons. The lowest BCUT2D eigenvalue weighted by Crippen LogP contribution is -2.38. The number of methoxy groups -OCH3 is 2. The third-order valence-electron chi connectivity index (χ3n) is 3.29. The van der Waals surface area contributed by atoms with Crippen LogP contribution in [0.2, 0.25) is 0 Å². The summed E-state index contributed by atoms with van der Waals surface area (Å²) < 4.78 is 10.6. The average molecular weight is 280 g/mol. The van der Waals surface area contributed by atoms with Gasteiger partial charge in [-0.2, -0.15) is 0 Å². The number of nitrogens with one attached hydrogen (secondary N) is 1. The average Bonchev–Trinajstić information content (AvgIpc) is 2.48. The number of nitrogens with zero attached hydrogens (tertiary/aromatic N) is 1. The molecule has 1 aromatic rings. The Kier molecular flexibility index (Phi) is 4.85. The van der Waals surface area contributed by atoms with Crippen molar-refractivity contribution in [3.63, 3.8) is 0 Å². The minimum absolute atomic E-state index is 0.756. The molecule has 0 spiro atoms. The fraction of sp³-hybridized carbons (Fsp3) is 0.500. The van der Waals surface area contributed by atoms with Gasteiger partial charge in [-0.15, -0.1) is 0 Å². The molecule has 19 heavy (non-hydrogen) atoms. The Balaban J connectivity index is 2.10. The van der Waals surface area contributed by atoms with Crippen molar-refractivity contribution in [3.05, 3.63) is 18.2 Å². The van der Waals surface area contributed by atoms with Gasteiger partial charge in [-0.1, -0.05) is 0 Å². The summed E-state index contributed by atoms with van der Waals surface area (Å²) in [5.74, 6) is 1.55. The second-order valence-electron chi connectivity index (χ2n) is 4.54. The van der Waals surface area contributed by atoms with E-state index in [1.165, 1.54) is 19.3 Å². The van der Waals surface area contributed by atoms with Gasteiger partial charge in [0, 0.05) is 19.2 Å². The molecule has 1 N–H and O–H groups in total. The maximum atomic E-state index is 5.46. The monoisotopic (exact) mass is 280 g/mol. The molecule has 4 nitrogen and oxygen atoms in total. The van der Waals surface area contributed by atoms with Crippen LogP contribution in [-0.2, 0) is 0 Å². The van der Waals surface area contributed by atoms with Crippen LogP contribution in [0.15, 0.2) is 18.2 Å². The van der Waals surface area contributed by atoms with Gasteiger partial charge in [-0.3, -0.25) is 0 Å². The summed E-state index contributed by atoms with van der Waals surface area (Å²) in [6.45, 7) is 2.05. The van der Waals surface area contributed by atoms with Gasteiger partial charge >= 0.3 is 0 Å². The normalized spacial score (nSPS) is 14.9. The van der Waals surface area contributed by atoms with Crippen LogP contribution >= 0.6 is 12.2 Å². The maximum Gasteiger partial charge on any atom is 0.173 e. The van der Waals surface area contributed by atoms with Crippen LogP contribution in [0.1, 0.15) is 19.3 Å². The summed E-state index contributed by atoms with van der Waals surface area (Å²) in [7, 11) is 3.30. The number of thiocarbonyl (C=S) groups is 1. The Morgan fingerprint density at radius 1 is 1.16 bits per heavy atom. The van der Waals surface area contributed by atoms with Crippen LogP contribution in [0.4, 0.5) is 5.69 Å². The van der Waals surface area contributed by atoms with Crippen molar-refractivity contribution < 1.29 is 9.47 Å². The van der Waals surface area contributed by atoms with Gasteiger partial charge in [0.05, 0.1) is 19.9 Å². The van der Waals surface area contributed by atoms with E-state index in [9.17, 15) is 0 Å². The number of hydrogen-bond acceptors (Lipinski definition) is 3. The van der Waals surface area contributed by atoms with Crippen LogP contribution < -0.4 is 14.8 Å². The molecule has 1 aromatic carbocycles. The van der Waals surface area contributed by atoms with E-state index in [1.807, 2.05) is 18.2 Å². The van der Waals surface area contributed by atoms with Crippen molar-refractivity contribution in [1.29, 1.82) is 0 Å². The van der Waals surface area contributed by atoms with E-state index in [0.29, 0.717) is 0 Å². The fourth-order valence-electron chi connectivity index (χ4n) is 2.20. The Labute approximate surface area is 119 Å². The van der Waals surface area contributed by atoms with Crippen molar-refractivity contribution in [2.45, 2.75) is 19.3 Å². The van der Waals surface area contributed by atoms with Crippen molar-refractivity contribution in [2.24, 2.45) is 0 Å². The number of rotatable bonds is 3. The first-order valence-electron chi connectivity index (χ1n) is 6.52. The zero-order valence-electron chi connectivity index (χ0n) is 11.4. The minimum Gasteiger partial charge on any atom is -0.497 e. The van der Waals surface area contributed by atoms with Crippen LogP contribution in [0, 0.1) is 0 Å². The van der Waals surface area contributed by atoms with E-state index in [4.69, 9.17) is 21.7 Å². The molecule has 0 bridgehead atoms. The Bertz CT molecular complexity index is 445. The predicted molar refractivity (Wildman–Crippen MR) is 81.2 cm³/mol. The highest BCUT2D eigenvalue weighted by molar-refractivity contribution is 7.80. The summed E-state index contributed by atoms with van der Waals surface area (Å²) in [6, 6.07) is 5.64. The molecule has 1 heterocycles. The number of benzene rings is 1. The van der Waals surface area contributed by atoms with Gasteiger partial charge in [0.25, 0.3) is 0 Å². The van der Waals surface area contributed by atoms with Gasteiger partial charge in [0.2, 0.25) is 0 Å². The quantitative estimate of drug-likeness (QED) is 0.861. The minimum atomic E-state index is 0.756. The SMILES string of the molecule is COc1ccc(OC)c(NC(=S)N2CCCCC2)c1. The second-order valence-corrected chi connectivity index (χ2v) is 4.93. The zero-order chi connectivity index (χ0) is 13.7. The van der Waals surface area contributed by atoms with Gasteiger partial charge in [-0.05, 0) is 43.6 Å². The molecule has 1 aliphatic heterocycles. The van der Waals surface area contributed by atoms with Crippen molar-refractivity contribution in [3.8, 4) is 11.5 Å². The molecule has 1 aliphatic rings. The summed E-state index contributed by atoms with van der Waals surface area (Å²) in [4.78, 5) is 2.21. The first kappa shape index (κ1) is 13.9. The van der Waals surface area contributed by atoms with Gasteiger partial charge in [0.15, 0.2) is 5.11 Å². The summed E-state index contributed by atoms with van der Waals surface area (Å²) in [6.07, 6.45) is 3.70. The Morgan fingerprint density at radius 3 is 2.53 bits per heavy atom. The highest BCUT2D eigenvalue weighted by Crippen LogP contribution is 2.29. The first-order chi connectivity index (χ1) is 9.24. The summed E-state index contributed by atoms with van der Waals surface area (Å²) in [5.41, 5.74) is 0.845. The van der Waals surface area contributed by atoms with E-state index >= 15 is 0 Å². The lowest BCUT2D eigenvalue weighted by atomic mass is 10.1. The number of likely N-dealkylation sites (tertiary alicyclic amines) is 1. The number of anilines is 1. The van der Waals surface area contributed by atoms with E-state index in [-0.39, 0.29) is 0 Å². The molecule has 2 rings (SSSR count). The van der Waals surface area contributed by atoms with E-state index < -0.39 is 0 Å². The molecule has 1 saturated heterocycles. The van der Waals surface area contributed by atoms with E-state index in [0.717, 1.165) is 35.4 Å². The second kappa shape index (κ2) is 6.61. The molecule has 0 amide bonds. The lowest BCUT2D eigenvalue weighted by Gasteiger charge is -2.29. The molecule has 0 aromatic heterocycles. The van der Waals surface area contributed by atoms with Crippen LogP contribution in [-0.4, -0.2) is 37.3 Å². The largest absolute Gasteiger partial charge is 0.497 e. The molecular weight excluding hydrogens is 260 g/mol. The standard InChI is InChI=1S/C14H20N2O2S/c1-17-11-6-7-13(18-2)12(10-11)15-14(19)16-8-4-3-5-9-16/h6-7,10H,3-5,8-9H2,1-2H3,(H,15,19). The maximum absolute atomic E-state index is 5.46. The van der Waals surface area contributed by atoms with Gasteiger partial charge in [-0.25, -0.2) is 0 Å². The van der Waals surface area contributed by atoms with Crippen LogP contribution in [0.3, 0.4) is 0 Å². The zero-order valence-corrected chi connectivity index (χ0v) is 12.3. The number of hydrogen-bond donors (Lipinski definition) is 1. The lowest BCUT2D eigenvalue weighted by molar-refractivity contribution is 0.346. The molecule has 0 unspecified atom stereocenters. The highest BCUT2D eigenvalue weighted by atomic mass is 32.1. The summed E-state index contributed by atoms with van der Waals surface area (Å²) >= 11 is 5.46. The molecule has 0 saturated carbocycles.